The molecule has 1 amide bonds. The lowest BCUT2D eigenvalue weighted by Crippen LogP contribution is -2.47. The molecule has 1 fully saturated rings. The summed E-state index contributed by atoms with van der Waals surface area (Å²) in [7, 11) is 2.55. The normalized spacial score (nSPS) is 17.7. The monoisotopic (exact) mass is 464 g/mol. The van der Waals surface area contributed by atoms with E-state index in [9.17, 15) is 13.6 Å². The van der Waals surface area contributed by atoms with E-state index in [2.05, 4.69) is 27.2 Å². The highest BCUT2D eigenvalue weighted by Gasteiger charge is 2.26. The van der Waals surface area contributed by atoms with Gasteiger partial charge in [-0.25, -0.2) is 18.7 Å². The Bertz CT molecular complexity index is 946. The van der Waals surface area contributed by atoms with Gasteiger partial charge in [-0.2, -0.15) is 0 Å². The quantitative estimate of drug-likeness (QED) is 0.517. The molecule has 0 spiro atoms. The first kappa shape index (κ1) is 24.2. The number of hydrogen-bond donors (Lipinski definition) is 2. The van der Waals surface area contributed by atoms with E-state index >= 15 is 0 Å². The minimum atomic E-state index is -0.872. The van der Waals surface area contributed by atoms with Crippen molar-refractivity contribution >= 4 is 11.9 Å². The van der Waals surface area contributed by atoms with Crippen molar-refractivity contribution in [2.75, 3.05) is 39.3 Å². The van der Waals surface area contributed by atoms with Gasteiger partial charge in [0.15, 0.2) is 28.9 Å². The lowest BCUT2D eigenvalue weighted by Gasteiger charge is -2.32. The third-order valence-corrected chi connectivity index (χ3v) is 5.19. The lowest BCUT2D eigenvalue weighted by molar-refractivity contribution is -0.118. The van der Waals surface area contributed by atoms with Crippen molar-refractivity contribution < 1.29 is 32.5 Å². The molecule has 2 aromatic rings. The van der Waals surface area contributed by atoms with E-state index in [1.807, 2.05) is 0 Å². The van der Waals surface area contributed by atoms with E-state index < -0.39 is 18.2 Å². The molecule has 1 aliphatic rings. The van der Waals surface area contributed by atoms with Crippen molar-refractivity contribution in [3.63, 3.8) is 0 Å². The third kappa shape index (κ3) is 6.07. The second-order valence-corrected chi connectivity index (χ2v) is 7.24. The van der Waals surface area contributed by atoms with Crippen molar-refractivity contribution in [1.82, 2.24) is 15.3 Å². The SMILES string of the molecule is C=CC(=O)NC1CCOCC1CNc1ncc(OCc2c(F)c(OC)cc(OC)c2F)cn1. The molecule has 2 heterocycles. The largest absolute Gasteiger partial charge is 0.494 e. The first-order valence-electron chi connectivity index (χ1n) is 10.2. The molecule has 3 rings (SSSR count). The molecule has 1 saturated heterocycles. The Morgan fingerprint density at radius 1 is 1.24 bits per heavy atom. The summed E-state index contributed by atoms with van der Waals surface area (Å²) in [5.41, 5.74) is -0.335. The minimum Gasteiger partial charge on any atom is -0.494 e. The summed E-state index contributed by atoms with van der Waals surface area (Å²) in [5.74, 6) is -1.71. The number of anilines is 1. The molecule has 9 nitrogen and oxygen atoms in total. The van der Waals surface area contributed by atoms with Crippen LogP contribution in [-0.2, 0) is 16.1 Å². The maximum atomic E-state index is 14.4. The zero-order valence-corrected chi connectivity index (χ0v) is 18.4. The Morgan fingerprint density at radius 2 is 1.91 bits per heavy atom. The van der Waals surface area contributed by atoms with E-state index in [-0.39, 0.29) is 40.7 Å². The Balaban J connectivity index is 1.59. The fraction of sp³-hybridized carbons (Fsp3) is 0.409. The average Bonchev–Trinajstić information content (AvgIpc) is 2.84. The Morgan fingerprint density at radius 3 is 2.52 bits per heavy atom. The van der Waals surface area contributed by atoms with E-state index in [1.165, 1.54) is 32.7 Å². The molecule has 0 bridgehead atoms. The molecule has 2 atom stereocenters. The highest BCUT2D eigenvalue weighted by atomic mass is 19.1. The van der Waals surface area contributed by atoms with E-state index in [4.69, 9.17) is 18.9 Å². The van der Waals surface area contributed by atoms with Gasteiger partial charge in [0.1, 0.15) is 6.61 Å². The van der Waals surface area contributed by atoms with Gasteiger partial charge < -0.3 is 29.6 Å². The molecule has 0 radical (unpaired) electrons. The summed E-state index contributed by atoms with van der Waals surface area (Å²) in [6.07, 6.45) is 4.71. The van der Waals surface area contributed by atoms with Crippen LogP contribution in [0.4, 0.5) is 14.7 Å². The van der Waals surface area contributed by atoms with Crippen LogP contribution in [0.15, 0.2) is 31.1 Å². The molecule has 1 aromatic carbocycles. The first-order valence-corrected chi connectivity index (χ1v) is 10.2. The molecule has 2 unspecified atom stereocenters. The molecule has 178 valence electrons. The molecule has 11 heteroatoms. The number of carbonyl (C=O) groups is 1. The summed E-state index contributed by atoms with van der Waals surface area (Å²) >= 11 is 0. The smallest absolute Gasteiger partial charge is 0.243 e. The first-order chi connectivity index (χ1) is 16.0. The summed E-state index contributed by atoms with van der Waals surface area (Å²) in [5, 5.41) is 6.00. The molecule has 1 aromatic heterocycles. The van der Waals surface area contributed by atoms with Crippen molar-refractivity contribution in [1.29, 1.82) is 0 Å². The number of carbonyl (C=O) groups excluding carboxylic acids is 1. The number of aromatic nitrogens is 2. The number of halogens is 2. The molecule has 1 aliphatic heterocycles. The van der Waals surface area contributed by atoms with E-state index in [0.29, 0.717) is 32.1 Å². The van der Waals surface area contributed by atoms with Gasteiger partial charge in [-0.3, -0.25) is 4.79 Å². The molecular weight excluding hydrogens is 438 g/mol. The second kappa shape index (κ2) is 11.4. The minimum absolute atomic E-state index is 0.0242. The van der Waals surface area contributed by atoms with E-state index in [0.717, 1.165) is 6.07 Å². The van der Waals surface area contributed by atoms with E-state index in [1.54, 1.807) is 0 Å². The van der Waals surface area contributed by atoms with Crippen LogP contribution in [0.3, 0.4) is 0 Å². The standard InChI is InChI=1S/C22H26F2N4O5/c1-4-19(29)28-16-5-6-32-11-13(16)8-25-22-26-9-14(10-27-22)33-12-15-20(23)17(30-2)7-18(31-3)21(15)24/h4,7,9-10,13,16H,1,5-6,8,11-12H2,2-3H3,(H,28,29)(H,25,26,27). The number of amides is 1. The van der Waals surface area contributed by atoms with Gasteiger partial charge in [-0.15, -0.1) is 0 Å². The van der Waals surface area contributed by atoms with Crippen molar-refractivity contribution in [3.05, 3.63) is 48.3 Å². The molecule has 0 aliphatic carbocycles. The predicted molar refractivity (Wildman–Crippen MR) is 115 cm³/mol. The third-order valence-electron chi connectivity index (χ3n) is 5.19. The highest BCUT2D eigenvalue weighted by molar-refractivity contribution is 5.87. The summed E-state index contributed by atoms with van der Waals surface area (Å²) in [4.78, 5) is 19.9. The molecule has 0 saturated carbocycles. The van der Waals surface area contributed by atoms with Gasteiger partial charge >= 0.3 is 0 Å². The summed E-state index contributed by atoms with van der Waals surface area (Å²) in [6.45, 7) is 4.59. The van der Waals surface area contributed by atoms with Gasteiger partial charge in [0.2, 0.25) is 11.9 Å². The molecular formula is C22H26F2N4O5. The number of nitrogens with zero attached hydrogens (tertiary/aromatic N) is 2. The number of hydrogen-bond acceptors (Lipinski definition) is 8. The fourth-order valence-electron chi connectivity index (χ4n) is 3.35. The number of rotatable bonds is 10. The van der Waals surface area contributed by atoms with Gasteiger partial charge in [0, 0.05) is 31.2 Å². The maximum absolute atomic E-state index is 14.4. The summed E-state index contributed by atoms with van der Waals surface area (Å²) < 4.78 is 49.7. The van der Waals surface area contributed by atoms with Gasteiger partial charge in [0.25, 0.3) is 0 Å². The number of ether oxygens (including phenoxy) is 4. The van der Waals surface area contributed by atoms with Gasteiger partial charge in [-0.05, 0) is 12.5 Å². The number of benzene rings is 1. The number of methoxy groups -OCH3 is 2. The van der Waals surface area contributed by atoms with Gasteiger partial charge in [-0.1, -0.05) is 6.58 Å². The van der Waals surface area contributed by atoms with Crippen LogP contribution < -0.4 is 24.8 Å². The lowest BCUT2D eigenvalue weighted by atomic mass is 9.95. The second-order valence-electron chi connectivity index (χ2n) is 7.24. The Labute approximate surface area is 190 Å². The Kier molecular flexibility index (Phi) is 8.36. The molecule has 33 heavy (non-hydrogen) atoms. The zero-order valence-electron chi connectivity index (χ0n) is 18.4. The van der Waals surface area contributed by atoms with Crippen LogP contribution in [0, 0.1) is 17.6 Å². The number of nitrogens with one attached hydrogen (secondary N) is 2. The van der Waals surface area contributed by atoms with Crippen molar-refractivity contribution in [2.24, 2.45) is 5.92 Å². The summed E-state index contributed by atoms with van der Waals surface area (Å²) in [6, 6.07) is 1.08. The van der Waals surface area contributed by atoms with Crippen LogP contribution in [0.1, 0.15) is 12.0 Å². The van der Waals surface area contributed by atoms with Crippen LogP contribution >= 0.6 is 0 Å². The van der Waals surface area contributed by atoms with Gasteiger partial charge in [0.05, 0.1) is 38.8 Å². The average molecular weight is 464 g/mol. The zero-order chi connectivity index (χ0) is 23.8. The Hall–Kier alpha value is -3.47. The maximum Gasteiger partial charge on any atom is 0.243 e. The van der Waals surface area contributed by atoms with Crippen molar-refractivity contribution in [3.8, 4) is 17.2 Å². The van der Waals surface area contributed by atoms with Crippen LogP contribution in [-0.4, -0.2) is 55.9 Å². The molecule has 2 N–H and O–H groups in total. The van der Waals surface area contributed by atoms with Crippen LogP contribution in [0.2, 0.25) is 0 Å². The van der Waals surface area contributed by atoms with Crippen LogP contribution in [0.5, 0.6) is 17.2 Å². The predicted octanol–water partition coefficient (Wildman–Crippen LogP) is 2.47. The fourth-order valence-corrected chi connectivity index (χ4v) is 3.35. The van der Waals surface area contributed by atoms with Crippen molar-refractivity contribution in [2.45, 2.75) is 19.1 Å². The topological polar surface area (TPSA) is 104 Å². The highest BCUT2D eigenvalue weighted by Crippen LogP contribution is 2.32. The van der Waals surface area contributed by atoms with Crippen LogP contribution in [0.25, 0.3) is 0 Å².